The van der Waals surface area contributed by atoms with E-state index >= 15 is 0 Å². The number of sulfone groups is 1. The standard InChI is InChI=1S/C15H30N2O2S/c1-3-5-13-7-10-17(11-8-13)15(12-16)9-4-6-14(15)20(2,18)19/h13-14H,3-12,16H2,1-2H3. The molecule has 0 aromatic rings. The van der Waals surface area contributed by atoms with Gasteiger partial charge in [-0.05, 0) is 44.7 Å². The van der Waals surface area contributed by atoms with Crippen LogP contribution in [-0.2, 0) is 9.84 Å². The van der Waals surface area contributed by atoms with Crippen LogP contribution in [0.4, 0.5) is 0 Å². The first-order chi connectivity index (χ1) is 9.44. The van der Waals surface area contributed by atoms with E-state index in [0.717, 1.165) is 38.3 Å². The minimum atomic E-state index is -3.02. The third-order valence-corrected chi connectivity index (χ3v) is 7.19. The molecule has 20 heavy (non-hydrogen) atoms. The van der Waals surface area contributed by atoms with Gasteiger partial charge in [0, 0.05) is 18.3 Å². The molecule has 1 saturated carbocycles. The van der Waals surface area contributed by atoms with E-state index < -0.39 is 9.84 Å². The first-order valence-corrected chi connectivity index (χ1v) is 10.0. The highest BCUT2D eigenvalue weighted by Crippen LogP contribution is 2.41. The van der Waals surface area contributed by atoms with E-state index in [2.05, 4.69) is 11.8 Å². The molecule has 0 spiro atoms. The molecular formula is C15H30N2O2S. The van der Waals surface area contributed by atoms with Crippen molar-refractivity contribution in [3.8, 4) is 0 Å². The van der Waals surface area contributed by atoms with E-state index in [0.29, 0.717) is 6.54 Å². The van der Waals surface area contributed by atoms with Crippen LogP contribution in [0.1, 0.15) is 51.9 Å². The van der Waals surface area contributed by atoms with Crippen molar-refractivity contribution in [2.75, 3.05) is 25.9 Å². The van der Waals surface area contributed by atoms with E-state index in [1.165, 1.54) is 31.9 Å². The highest BCUT2D eigenvalue weighted by Gasteiger charge is 2.51. The highest BCUT2D eigenvalue weighted by atomic mass is 32.2. The SMILES string of the molecule is CCCC1CCN(C2(CN)CCCC2S(C)(=O)=O)CC1. The number of likely N-dealkylation sites (tertiary alicyclic amines) is 1. The molecule has 5 heteroatoms. The summed E-state index contributed by atoms with van der Waals surface area (Å²) in [5.41, 5.74) is 5.79. The number of rotatable bonds is 5. The summed E-state index contributed by atoms with van der Waals surface area (Å²) in [6.45, 7) is 4.76. The Morgan fingerprint density at radius 1 is 1.25 bits per heavy atom. The van der Waals surface area contributed by atoms with Gasteiger partial charge in [0.2, 0.25) is 0 Å². The second-order valence-electron chi connectivity index (χ2n) is 6.74. The molecule has 1 saturated heterocycles. The Morgan fingerprint density at radius 2 is 1.90 bits per heavy atom. The predicted molar refractivity (Wildman–Crippen MR) is 83.5 cm³/mol. The molecule has 2 atom stereocenters. The topological polar surface area (TPSA) is 63.4 Å². The van der Waals surface area contributed by atoms with Crippen LogP contribution in [-0.4, -0.2) is 50.0 Å². The van der Waals surface area contributed by atoms with Gasteiger partial charge >= 0.3 is 0 Å². The lowest BCUT2D eigenvalue weighted by molar-refractivity contribution is 0.0592. The Kier molecular flexibility index (Phi) is 5.14. The van der Waals surface area contributed by atoms with Crippen molar-refractivity contribution in [3.63, 3.8) is 0 Å². The maximum absolute atomic E-state index is 12.1. The van der Waals surface area contributed by atoms with Crippen molar-refractivity contribution in [1.82, 2.24) is 4.90 Å². The number of hydrogen-bond donors (Lipinski definition) is 1. The number of nitrogens with two attached hydrogens (primary N) is 1. The first kappa shape index (κ1) is 16.2. The minimum Gasteiger partial charge on any atom is -0.329 e. The molecule has 1 aliphatic carbocycles. The molecular weight excluding hydrogens is 272 g/mol. The molecule has 2 rings (SSSR count). The first-order valence-electron chi connectivity index (χ1n) is 8.08. The Hall–Kier alpha value is -0.130. The fourth-order valence-electron chi connectivity index (χ4n) is 4.44. The molecule has 2 unspecified atom stereocenters. The van der Waals surface area contributed by atoms with Crippen molar-refractivity contribution >= 4 is 9.84 Å². The van der Waals surface area contributed by atoms with E-state index in [9.17, 15) is 8.42 Å². The summed E-state index contributed by atoms with van der Waals surface area (Å²) in [6, 6.07) is 0. The average molecular weight is 302 g/mol. The summed E-state index contributed by atoms with van der Waals surface area (Å²) in [4.78, 5) is 2.41. The summed E-state index contributed by atoms with van der Waals surface area (Å²) in [5, 5.41) is -0.261. The van der Waals surface area contributed by atoms with Gasteiger partial charge in [-0.1, -0.05) is 26.2 Å². The van der Waals surface area contributed by atoms with Gasteiger partial charge in [-0.3, -0.25) is 4.90 Å². The monoisotopic (exact) mass is 302 g/mol. The zero-order chi connectivity index (χ0) is 14.8. The second kappa shape index (κ2) is 6.32. The summed E-state index contributed by atoms with van der Waals surface area (Å²) in [7, 11) is -3.02. The van der Waals surface area contributed by atoms with Gasteiger partial charge in [0.05, 0.1) is 5.25 Å². The zero-order valence-corrected chi connectivity index (χ0v) is 13.8. The molecule has 2 N–H and O–H groups in total. The Morgan fingerprint density at radius 3 is 2.40 bits per heavy atom. The molecule has 118 valence electrons. The lowest BCUT2D eigenvalue weighted by atomic mass is 9.87. The molecule has 1 heterocycles. The fourth-order valence-corrected chi connectivity index (χ4v) is 6.19. The van der Waals surface area contributed by atoms with E-state index in [1.54, 1.807) is 0 Å². The van der Waals surface area contributed by atoms with Crippen molar-refractivity contribution in [2.45, 2.75) is 62.7 Å². The van der Waals surface area contributed by atoms with Crippen molar-refractivity contribution in [2.24, 2.45) is 11.7 Å². The lowest BCUT2D eigenvalue weighted by Gasteiger charge is -2.47. The van der Waals surface area contributed by atoms with Gasteiger partial charge in [-0.15, -0.1) is 0 Å². The van der Waals surface area contributed by atoms with E-state index in [1.807, 2.05) is 0 Å². The maximum Gasteiger partial charge on any atom is 0.152 e. The Labute approximate surface area is 124 Å². The van der Waals surface area contributed by atoms with Crippen molar-refractivity contribution < 1.29 is 8.42 Å². The predicted octanol–water partition coefficient (Wildman–Crippen LogP) is 1.79. The number of nitrogens with zero attached hydrogens (tertiary/aromatic N) is 1. The zero-order valence-electron chi connectivity index (χ0n) is 13.0. The molecule has 4 nitrogen and oxygen atoms in total. The minimum absolute atomic E-state index is 0.261. The molecule has 0 amide bonds. The largest absolute Gasteiger partial charge is 0.329 e. The van der Waals surface area contributed by atoms with Crippen LogP contribution in [0.25, 0.3) is 0 Å². The van der Waals surface area contributed by atoms with Crippen LogP contribution in [0.3, 0.4) is 0 Å². The summed E-state index contributed by atoms with van der Waals surface area (Å²) in [6.07, 6.45) is 9.06. The van der Waals surface area contributed by atoms with Crippen LogP contribution in [0.15, 0.2) is 0 Å². The number of piperidine rings is 1. The molecule has 1 aliphatic heterocycles. The van der Waals surface area contributed by atoms with Gasteiger partial charge in [0.25, 0.3) is 0 Å². The summed E-state index contributed by atoms with van der Waals surface area (Å²) < 4.78 is 24.3. The normalized spacial score (nSPS) is 33.6. The van der Waals surface area contributed by atoms with Gasteiger partial charge < -0.3 is 5.73 Å². The third kappa shape index (κ3) is 3.04. The smallest absolute Gasteiger partial charge is 0.152 e. The average Bonchev–Trinajstić information content (AvgIpc) is 2.85. The summed E-state index contributed by atoms with van der Waals surface area (Å²) >= 11 is 0. The van der Waals surface area contributed by atoms with E-state index in [-0.39, 0.29) is 10.8 Å². The Balaban J connectivity index is 2.12. The molecule has 2 aliphatic rings. The molecule has 0 aromatic heterocycles. The van der Waals surface area contributed by atoms with Crippen LogP contribution in [0, 0.1) is 5.92 Å². The van der Waals surface area contributed by atoms with Gasteiger partial charge in [-0.2, -0.15) is 0 Å². The van der Waals surface area contributed by atoms with Crippen molar-refractivity contribution in [3.05, 3.63) is 0 Å². The number of hydrogen-bond acceptors (Lipinski definition) is 4. The summed E-state index contributed by atoms with van der Waals surface area (Å²) in [5.74, 6) is 0.823. The molecule has 0 aromatic carbocycles. The third-order valence-electron chi connectivity index (χ3n) is 5.49. The van der Waals surface area contributed by atoms with Crippen LogP contribution in [0.2, 0.25) is 0 Å². The molecule has 0 radical (unpaired) electrons. The van der Waals surface area contributed by atoms with Gasteiger partial charge in [0.15, 0.2) is 9.84 Å². The fraction of sp³-hybridized carbons (Fsp3) is 1.00. The molecule has 0 bridgehead atoms. The second-order valence-corrected chi connectivity index (χ2v) is 8.97. The van der Waals surface area contributed by atoms with Crippen LogP contribution < -0.4 is 5.73 Å². The molecule has 2 fully saturated rings. The van der Waals surface area contributed by atoms with Crippen LogP contribution in [0.5, 0.6) is 0 Å². The van der Waals surface area contributed by atoms with E-state index in [4.69, 9.17) is 5.73 Å². The highest BCUT2D eigenvalue weighted by molar-refractivity contribution is 7.91. The quantitative estimate of drug-likeness (QED) is 0.841. The lowest BCUT2D eigenvalue weighted by Crippen LogP contribution is -2.62. The van der Waals surface area contributed by atoms with Crippen molar-refractivity contribution in [1.29, 1.82) is 0 Å². The van der Waals surface area contributed by atoms with Gasteiger partial charge in [-0.25, -0.2) is 8.42 Å². The Bertz CT molecular complexity index is 416. The van der Waals surface area contributed by atoms with Crippen LogP contribution >= 0.6 is 0 Å². The van der Waals surface area contributed by atoms with Gasteiger partial charge in [0.1, 0.15) is 0 Å². The maximum atomic E-state index is 12.1.